The molecule has 2 unspecified atom stereocenters. The van der Waals surface area contributed by atoms with E-state index in [4.69, 9.17) is 4.74 Å². The fourth-order valence-corrected chi connectivity index (χ4v) is 8.88. The predicted molar refractivity (Wildman–Crippen MR) is 90.9 cm³/mol. The van der Waals surface area contributed by atoms with Gasteiger partial charge in [-0.15, -0.1) is 0 Å². The highest BCUT2D eigenvalue weighted by atomic mass is 16.5. The van der Waals surface area contributed by atoms with E-state index in [2.05, 4.69) is 6.92 Å². The Hall–Kier alpha value is -0.0800. The highest BCUT2D eigenvalue weighted by Gasteiger charge is 2.76. The molecular weight excluding hydrogens is 284 g/mol. The molecule has 0 aromatic carbocycles. The SMILES string of the molecule is CO[C@@H]1C[C@H]2[C@@H]3CC[C@H](C(C)O)[C@H]3CC[C@@H]2[C@@]2(C)CC[C@@H]3CC312. The van der Waals surface area contributed by atoms with Crippen LogP contribution in [0.4, 0.5) is 0 Å². The molecule has 0 radical (unpaired) electrons. The van der Waals surface area contributed by atoms with Gasteiger partial charge in [0.2, 0.25) is 0 Å². The molecule has 10 atom stereocenters. The van der Waals surface area contributed by atoms with E-state index in [9.17, 15) is 5.11 Å². The number of methoxy groups -OCH3 is 1. The van der Waals surface area contributed by atoms with Gasteiger partial charge >= 0.3 is 0 Å². The van der Waals surface area contributed by atoms with Crippen LogP contribution >= 0.6 is 0 Å². The quantitative estimate of drug-likeness (QED) is 0.824. The summed E-state index contributed by atoms with van der Waals surface area (Å²) in [6, 6.07) is 0. The zero-order chi connectivity index (χ0) is 16.0. The molecule has 0 aromatic heterocycles. The van der Waals surface area contributed by atoms with Gasteiger partial charge in [0.05, 0.1) is 12.2 Å². The summed E-state index contributed by atoms with van der Waals surface area (Å²) in [5.41, 5.74) is 1.10. The summed E-state index contributed by atoms with van der Waals surface area (Å²) >= 11 is 0. The molecule has 1 spiro atoms. The van der Waals surface area contributed by atoms with Crippen molar-refractivity contribution in [2.45, 2.75) is 77.4 Å². The lowest BCUT2D eigenvalue weighted by molar-refractivity contribution is -0.147. The molecule has 0 aliphatic heterocycles. The number of ether oxygens (including phenoxy) is 1. The van der Waals surface area contributed by atoms with Crippen LogP contribution < -0.4 is 0 Å². The Morgan fingerprint density at radius 3 is 2.52 bits per heavy atom. The van der Waals surface area contributed by atoms with Gasteiger partial charge in [-0.3, -0.25) is 0 Å². The van der Waals surface area contributed by atoms with Crippen LogP contribution in [-0.2, 0) is 4.74 Å². The molecule has 0 saturated heterocycles. The summed E-state index contributed by atoms with van der Waals surface area (Å²) in [4.78, 5) is 0. The number of fused-ring (bicyclic) bond motifs is 4. The molecule has 5 aliphatic carbocycles. The average Bonchev–Trinajstić information content (AvgIpc) is 2.96. The number of hydrogen-bond acceptors (Lipinski definition) is 2. The summed E-state index contributed by atoms with van der Waals surface area (Å²) in [6.45, 7) is 4.67. The minimum absolute atomic E-state index is 0.107. The van der Waals surface area contributed by atoms with Crippen molar-refractivity contribution in [2.24, 2.45) is 46.3 Å². The van der Waals surface area contributed by atoms with Crippen LogP contribution in [0, 0.1) is 46.3 Å². The van der Waals surface area contributed by atoms with Gasteiger partial charge in [-0.1, -0.05) is 6.92 Å². The van der Waals surface area contributed by atoms with Crippen molar-refractivity contribution < 1.29 is 9.84 Å². The number of rotatable bonds is 2. The second-order valence-electron chi connectivity index (χ2n) is 10.0. The van der Waals surface area contributed by atoms with E-state index >= 15 is 0 Å². The smallest absolute Gasteiger partial charge is 0.0638 e. The maximum atomic E-state index is 10.2. The Balaban J connectivity index is 1.48. The van der Waals surface area contributed by atoms with Gasteiger partial charge in [-0.25, -0.2) is 0 Å². The topological polar surface area (TPSA) is 29.5 Å². The van der Waals surface area contributed by atoms with Crippen LogP contribution in [0.15, 0.2) is 0 Å². The molecule has 5 fully saturated rings. The maximum absolute atomic E-state index is 10.2. The Labute approximate surface area is 141 Å². The molecule has 5 saturated carbocycles. The second-order valence-corrected chi connectivity index (χ2v) is 10.0. The van der Waals surface area contributed by atoms with E-state index in [1.54, 1.807) is 0 Å². The average molecular weight is 319 g/mol. The zero-order valence-electron chi connectivity index (χ0n) is 15.1. The molecule has 1 N–H and O–H groups in total. The minimum atomic E-state index is -0.107. The van der Waals surface area contributed by atoms with E-state index in [1.807, 2.05) is 14.0 Å². The van der Waals surface area contributed by atoms with Gasteiger partial charge < -0.3 is 9.84 Å². The second kappa shape index (κ2) is 4.75. The maximum Gasteiger partial charge on any atom is 0.0638 e. The molecule has 0 bridgehead atoms. The van der Waals surface area contributed by atoms with Crippen molar-refractivity contribution in [3.8, 4) is 0 Å². The Bertz CT molecular complexity index is 502. The van der Waals surface area contributed by atoms with Crippen LogP contribution in [0.1, 0.15) is 65.2 Å². The normalized spacial score (nSPS) is 61.3. The molecule has 5 rings (SSSR count). The third-order valence-electron chi connectivity index (χ3n) is 9.82. The van der Waals surface area contributed by atoms with Crippen LogP contribution in [0.25, 0.3) is 0 Å². The van der Waals surface area contributed by atoms with Crippen molar-refractivity contribution in [1.82, 2.24) is 0 Å². The highest BCUT2D eigenvalue weighted by Crippen LogP contribution is 2.81. The number of aliphatic hydroxyl groups is 1. The molecule has 0 heterocycles. The standard InChI is InChI=1S/C21H34O2/c1-12(22)14-4-5-16-15(14)6-7-18-17(16)10-19(23-3)21-11-13(21)8-9-20(18,21)2/h12-19,22H,4-11H2,1-3H3/t12?,13-,14-,15-,16-,17+,18+,19-,20-,21?/m1/s1. The summed E-state index contributed by atoms with van der Waals surface area (Å²) in [5, 5.41) is 10.2. The molecule has 2 nitrogen and oxygen atoms in total. The fourth-order valence-electron chi connectivity index (χ4n) is 8.88. The Morgan fingerprint density at radius 2 is 1.83 bits per heavy atom. The van der Waals surface area contributed by atoms with Crippen molar-refractivity contribution >= 4 is 0 Å². The Morgan fingerprint density at radius 1 is 1.04 bits per heavy atom. The van der Waals surface area contributed by atoms with E-state index in [0.29, 0.717) is 22.9 Å². The van der Waals surface area contributed by atoms with Crippen LogP contribution in [0.5, 0.6) is 0 Å². The molecule has 2 heteroatoms. The number of aliphatic hydroxyl groups excluding tert-OH is 1. The third-order valence-corrected chi connectivity index (χ3v) is 9.82. The van der Waals surface area contributed by atoms with Crippen LogP contribution in [0.3, 0.4) is 0 Å². The first-order valence-corrected chi connectivity index (χ1v) is 10.2. The van der Waals surface area contributed by atoms with Crippen LogP contribution in [0.2, 0.25) is 0 Å². The predicted octanol–water partition coefficient (Wildman–Crippen LogP) is 4.26. The molecule has 130 valence electrons. The molecule has 0 amide bonds. The lowest BCUT2D eigenvalue weighted by atomic mass is 9.48. The summed E-state index contributed by atoms with van der Waals surface area (Å²) in [6.07, 6.45) is 11.5. The summed E-state index contributed by atoms with van der Waals surface area (Å²) in [5.74, 6) is 5.03. The first-order valence-electron chi connectivity index (χ1n) is 10.2. The minimum Gasteiger partial charge on any atom is -0.393 e. The van der Waals surface area contributed by atoms with Crippen molar-refractivity contribution in [3.63, 3.8) is 0 Å². The van der Waals surface area contributed by atoms with E-state index in [1.165, 1.54) is 51.4 Å². The molecule has 23 heavy (non-hydrogen) atoms. The van der Waals surface area contributed by atoms with Gasteiger partial charge in [0.15, 0.2) is 0 Å². The first kappa shape index (κ1) is 15.2. The third kappa shape index (κ3) is 1.68. The monoisotopic (exact) mass is 318 g/mol. The zero-order valence-corrected chi connectivity index (χ0v) is 15.1. The summed E-state index contributed by atoms with van der Waals surface area (Å²) in [7, 11) is 1.97. The van der Waals surface area contributed by atoms with E-state index < -0.39 is 0 Å². The van der Waals surface area contributed by atoms with Gasteiger partial charge in [-0.2, -0.15) is 0 Å². The first-order chi connectivity index (χ1) is 11.0. The van der Waals surface area contributed by atoms with Crippen molar-refractivity contribution in [2.75, 3.05) is 7.11 Å². The largest absolute Gasteiger partial charge is 0.393 e. The molecule has 0 aromatic rings. The van der Waals surface area contributed by atoms with Crippen molar-refractivity contribution in [3.05, 3.63) is 0 Å². The van der Waals surface area contributed by atoms with Gasteiger partial charge in [0.1, 0.15) is 0 Å². The van der Waals surface area contributed by atoms with Gasteiger partial charge in [0.25, 0.3) is 0 Å². The fraction of sp³-hybridized carbons (Fsp3) is 1.00. The molecular formula is C21H34O2. The summed E-state index contributed by atoms with van der Waals surface area (Å²) < 4.78 is 6.14. The number of hydrogen-bond donors (Lipinski definition) is 1. The van der Waals surface area contributed by atoms with Crippen molar-refractivity contribution in [1.29, 1.82) is 0 Å². The lowest BCUT2D eigenvalue weighted by Crippen LogP contribution is -2.55. The molecule has 5 aliphatic rings. The van der Waals surface area contributed by atoms with E-state index in [0.717, 1.165) is 29.6 Å². The lowest BCUT2D eigenvalue weighted by Gasteiger charge is -2.58. The Kier molecular flexibility index (Phi) is 3.14. The highest BCUT2D eigenvalue weighted by molar-refractivity contribution is 5.25. The van der Waals surface area contributed by atoms with E-state index in [-0.39, 0.29) is 6.10 Å². The van der Waals surface area contributed by atoms with Gasteiger partial charge in [0, 0.05) is 12.5 Å². The van der Waals surface area contributed by atoms with Crippen LogP contribution in [-0.4, -0.2) is 24.4 Å². The van der Waals surface area contributed by atoms with Gasteiger partial charge in [-0.05, 0) is 99.2 Å².